The lowest BCUT2D eigenvalue weighted by molar-refractivity contribution is 0.00714. The number of nitrogens with zero attached hydrogens (tertiary/aromatic N) is 1. The molecule has 1 atom stereocenters. The molecule has 0 fully saturated rings. The first-order valence-corrected chi connectivity index (χ1v) is 13.5. The Bertz CT molecular complexity index is 1810. The Balaban J connectivity index is 1.94. The zero-order valence-electron chi connectivity index (χ0n) is 24.2. The molecule has 0 radical (unpaired) electrons. The van der Waals surface area contributed by atoms with Crippen LogP contribution in [0.2, 0.25) is 0 Å². The highest BCUT2D eigenvalue weighted by Crippen LogP contribution is 2.42. The molecule has 2 heterocycles. The fourth-order valence-electron chi connectivity index (χ4n) is 5.61. The quantitative estimate of drug-likeness (QED) is 0.278. The van der Waals surface area contributed by atoms with Gasteiger partial charge in [0.15, 0.2) is 17.2 Å². The predicted octanol–water partition coefficient (Wildman–Crippen LogP) is 4.49. The molecule has 5 rings (SSSR count). The Morgan fingerprint density at radius 1 is 0.952 bits per heavy atom. The Kier molecular flexibility index (Phi) is 7.57. The van der Waals surface area contributed by atoms with Gasteiger partial charge in [-0.1, -0.05) is 24.3 Å². The van der Waals surface area contributed by atoms with Gasteiger partial charge >= 0.3 is 5.97 Å². The number of allylic oxidation sites excluding steroid dienone is 2. The van der Waals surface area contributed by atoms with Gasteiger partial charge in [0, 0.05) is 17.0 Å². The minimum atomic E-state index is -1.39. The number of fused-ring (bicyclic) bond motifs is 2. The first-order valence-electron chi connectivity index (χ1n) is 13.5. The number of esters is 1. The van der Waals surface area contributed by atoms with Gasteiger partial charge in [0.25, 0.3) is 5.56 Å². The van der Waals surface area contributed by atoms with Crippen LogP contribution in [0.15, 0.2) is 77.8 Å². The van der Waals surface area contributed by atoms with Crippen molar-refractivity contribution in [3.05, 3.63) is 106 Å². The maximum absolute atomic E-state index is 14.2. The summed E-state index contributed by atoms with van der Waals surface area (Å²) < 4.78 is 18.4. The third kappa shape index (κ3) is 4.80. The largest absolute Gasteiger partial charge is 0.493 e. The van der Waals surface area contributed by atoms with Crippen LogP contribution in [-0.2, 0) is 23.6 Å². The van der Waals surface area contributed by atoms with E-state index in [1.807, 2.05) is 6.08 Å². The maximum atomic E-state index is 14.2. The van der Waals surface area contributed by atoms with Crippen molar-refractivity contribution in [3.8, 4) is 11.5 Å². The molecule has 9 heteroatoms. The molecule has 0 bridgehead atoms. The second-order valence-corrected chi connectivity index (χ2v) is 11.0. The number of hydrogen-bond acceptors (Lipinski definition) is 8. The fourth-order valence-corrected chi connectivity index (χ4v) is 5.61. The maximum Gasteiger partial charge on any atom is 0.339 e. The van der Waals surface area contributed by atoms with Gasteiger partial charge in [0.2, 0.25) is 0 Å². The van der Waals surface area contributed by atoms with Gasteiger partial charge in [-0.3, -0.25) is 9.36 Å². The molecule has 9 nitrogen and oxygen atoms in total. The van der Waals surface area contributed by atoms with Crippen LogP contribution in [0.5, 0.6) is 11.5 Å². The van der Waals surface area contributed by atoms with E-state index >= 15 is 0 Å². The Labute approximate surface area is 243 Å². The molecule has 0 saturated heterocycles. The number of methoxy groups -OCH3 is 2. The van der Waals surface area contributed by atoms with Crippen molar-refractivity contribution in [2.45, 2.75) is 45.2 Å². The van der Waals surface area contributed by atoms with Gasteiger partial charge in [-0.15, -0.1) is 0 Å². The second-order valence-electron chi connectivity index (χ2n) is 11.0. The number of carbonyl (C=O) groups excluding carboxylic acids is 1. The molecule has 0 aliphatic carbocycles. The molecule has 0 spiro atoms. The number of nitrogens with one attached hydrogen (secondary N) is 1. The molecular formula is C33H34N2O7. The molecule has 1 unspecified atom stereocenters. The third-order valence-electron chi connectivity index (χ3n) is 7.30. The van der Waals surface area contributed by atoms with E-state index in [1.165, 1.54) is 20.3 Å². The van der Waals surface area contributed by atoms with Crippen LogP contribution < -0.4 is 20.3 Å². The molecule has 0 amide bonds. The van der Waals surface area contributed by atoms with Gasteiger partial charge < -0.3 is 29.7 Å². The summed E-state index contributed by atoms with van der Waals surface area (Å²) in [4.78, 5) is 27.5. The number of rotatable bonds is 7. The van der Waals surface area contributed by atoms with Crippen LogP contribution in [0, 0.1) is 0 Å². The normalized spacial score (nSPS) is 16.5. The number of aromatic nitrogens is 1. The smallest absolute Gasteiger partial charge is 0.339 e. The SMILES string of the molecule is COc1cc2cc(CO)c(CO)c(C3(n4c(=O)cc(C(=O)OC(C)(C)C)c5ccccc54)C=CC=CN3)c2cc1OC. The van der Waals surface area contributed by atoms with Crippen molar-refractivity contribution in [1.82, 2.24) is 9.88 Å². The minimum absolute atomic E-state index is 0.148. The van der Waals surface area contributed by atoms with E-state index in [9.17, 15) is 19.8 Å². The van der Waals surface area contributed by atoms with Gasteiger partial charge in [-0.05, 0) is 85.3 Å². The van der Waals surface area contributed by atoms with E-state index < -0.39 is 29.4 Å². The lowest BCUT2D eigenvalue weighted by atomic mass is 9.84. The highest BCUT2D eigenvalue weighted by molar-refractivity contribution is 6.04. The van der Waals surface area contributed by atoms with E-state index in [1.54, 1.807) is 86.2 Å². The molecule has 1 aromatic heterocycles. The van der Waals surface area contributed by atoms with Crippen LogP contribution in [0.3, 0.4) is 0 Å². The third-order valence-corrected chi connectivity index (χ3v) is 7.30. The Morgan fingerprint density at radius 3 is 2.29 bits per heavy atom. The molecule has 42 heavy (non-hydrogen) atoms. The topological polar surface area (TPSA) is 119 Å². The van der Waals surface area contributed by atoms with Gasteiger partial charge in [-0.2, -0.15) is 0 Å². The van der Waals surface area contributed by atoms with Crippen molar-refractivity contribution in [2.75, 3.05) is 14.2 Å². The van der Waals surface area contributed by atoms with E-state index in [4.69, 9.17) is 14.2 Å². The minimum Gasteiger partial charge on any atom is -0.493 e. The summed E-state index contributed by atoms with van der Waals surface area (Å²) in [6, 6.07) is 13.8. The Morgan fingerprint density at radius 2 is 1.67 bits per heavy atom. The van der Waals surface area contributed by atoms with Crippen LogP contribution in [0.4, 0.5) is 0 Å². The number of aliphatic hydroxyl groups is 2. The summed E-state index contributed by atoms with van der Waals surface area (Å²) in [6.07, 6.45) is 7.13. The zero-order valence-corrected chi connectivity index (χ0v) is 24.2. The van der Waals surface area contributed by atoms with Crippen molar-refractivity contribution in [2.24, 2.45) is 0 Å². The highest BCUT2D eigenvalue weighted by atomic mass is 16.6. The van der Waals surface area contributed by atoms with Crippen molar-refractivity contribution >= 4 is 27.6 Å². The van der Waals surface area contributed by atoms with Crippen molar-refractivity contribution in [3.63, 3.8) is 0 Å². The van der Waals surface area contributed by atoms with Crippen LogP contribution in [0.1, 0.15) is 47.8 Å². The monoisotopic (exact) mass is 570 g/mol. The summed E-state index contributed by atoms with van der Waals surface area (Å²) in [5.41, 5.74) is -0.554. The summed E-state index contributed by atoms with van der Waals surface area (Å²) in [7, 11) is 3.07. The molecule has 3 aromatic carbocycles. The number of ether oxygens (including phenoxy) is 3. The number of pyridine rings is 1. The summed E-state index contributed by atoms with van der Waals surface area (Å²) in [5, 5.41) is 26.4. The van der Waals surface area contributed by atoms with Crippen LogP contribution >= 0.6 is 0 Å². The van der Waals surface area contributed by atoms with Crippen LogP contribution in [-0.4, -0.2) is 40.6 Å². The van der Waals surface area contributed by atoms with Crippen molar-refractivity contribution in [1.29, 1.82) is 0 Å². The fraction of sp³-hybridized carbons (Fsp3) is 0.273. The Hall–Kier alpha value is -4.60. The van der Waals surface area contributed by atoms with Crippen molar-refractivity contribution < 1.29 is 29.2 Å². The average molecular weight is 571 g/mol. The summed E-state index contributed by atoms with van der Waals surface area (Å²) >= 11 is 0. The summed E-state index contributed by atoms with van der Waals surface area (Å²) in [6.45, 7) is 4.54. The van der Waals surface area contributed by atoms with Gasteiger partial charge in [-0.25, -0.2) is 4.79 Å². The number of benzene rings is 3. The van der Waals surface area contributed by atoms with Crippen LogP contribution in [0.25, 0.3) is 21.7 Å². The lowest BCUT2D eigenvalue weighted by Gasteiger charge is -2.39. The average Bonchev–Trinajstić information content (AvgIpc) is 2.98. The molecule has 218 valence electrons. The number of para-hydroxylation sites is 1. The van der Waals surface area contributed by atoms with Gasteiger partial charge in [0.1, 0.15) is 5.60 Å². The molecule has 0 saturated carbocycles. The first-order chi connectivity index (χ1) is 20.1. The predicted molar refractivity (Wildman–Crippen MR) is 161 cm³/mol. The number of dihydropyridines is 1. The van der Waals surface area contributed by atoms with Gasteiger partial charge in [0.05, 0.1) is 38.5 Å². The molecule has 3 N–H and O–H groups in total. The number of carbonyl (C=O) groups is 1. The molecular weight excluding hydrogens is 536 g/mol. The van der Waals surface area contributed by atoms with E-state index in [0.717, 1.165) is 0 Å². The zero-order chi connectivity index (χ0) is 30.2. The first kappa shape index (κ1) is 28.9. The molecule has 1 aliphatic heterocycles. The van der Waals surface area contributed by atoms with E-state index in [0.29, 0.717) is 49.9 Å². The van der Waals surface area contributed by atoms with E-state index in [2.05, 4.69) is 5.32 Å². The standard InChI is InChI=1S/C33H34N2O7/c1-32(2,3)42-31(39)24-17-29(38)35(26-11-7-6-10-22(24)26)33(12-8-9-13-34-33)30-23-16-28(41-5)27(40-4)15-20(23)14-21(18-36)25(30)19-37/h6-17,34,36-37H,18-19H2,1-5H3. The second kappa shape index (κ2) is 11.0. The number of hydrogen-bond donors (Lipinski definition) is 3. The van der Waals surface area contributed by atoms with E-state index in [-0.39, 0.29) is 12.2 Å². The molecule has 4 aromatic rings. The summed E-state index contributed by atoms with van der Waals surface area (Å²) in [5.74, 6) is 0.335. The number of aliphatic hydroxyl groups excluding tert-OH is 2. The molecule has 1 aliphatic rings. The lowest BCUT2D eigenvalue weighted by Crippen LogP contribution is -2.51. The highest BCUT2D eigenvalue weighted by Gasteiger charge is 2.39.